The summed E-state index contributed by atoms with van der Waals surface area (Å²) in [6.45, 7) is 13.4. The number of nitrogens with zero attached hydrogens (tertiary/aromatic N) is 1. The smallest absolute Gasteiger partial charge is 0.255 e. The average molecular weight is 347 g/mol. The maximum Gasteiger partial charge on any atom is 0.255 e. The van der Waals surface area contributed by atoms with Crippen LogP contribution >= 0.6 is 0 Å². The number of nitrogens with one attached hydrogen (secondary N) is 2. The minimum Gasteiger partial charge on any atom is -0.465 e. The first kappa shape index (κ1) is 19.2. The molecule has 0 saturated carbocycles. The van der Waals surface area contributed by atoms with Gasteiger partial charge in [0.05, 0.1) is 11.6 Å². The largest absolute Gasteiger partial charge is 0.465 e. The lowest BCUT2D eigenvalue weighted by atomic mass is 10.1. The molecule has 0 aliphatic carbocycles. The molecule has 2 amide bonds. The van der Waals surface area contributed by atoms with Crippen molar-refractivity contribution in [2.24, 2.45) is 0 Å². The Morgan fingerprint density at radius 1 is 1.48 bits per heavy atom. The quantitative estimate of drug-likeness (QED) is 0.742. The Kier molecular flexibility index (Phi) is 6.42. The van der Waals surface area contributed by atoms with Gasteiger partial charge in [0.2, 0.25) is 5.91 Å². The predicted molar refractivity (Wildman–Crippen MR) is 97.6 cm³/mol. The summed E-state index contributed by atoms with van der Waals surface area (Å²) in [6.07, 6.45) is 2.38. The van der Waals surface area contributed by atoms with Crippen molar-refractivity contribution in [3.05, 3.63) is 35.8 Å². The third-order valence-corrected chi connectivity index (χ3v) is 4.51. The van der Waals surface area contributed by atoms with E-state index < -0.39 is 0 Å². The number of amides is 2. The second kappa shape index (κ2) is 8.34. The van der Waals surface area contributed by atoms with Crippen LogP contribution in [0.3, 0.4) is 0 Å². The van der Waals surface area contributed by atoms with E-state index in [1.165, 1.54) is 0 Å². The number of likely N-dealkylation sites (N-methyl/N-ethyl adjacent to an activating group) is 1. The van der Waals surface area contributed by atoms with Crippen molar-refractivity contribution in [1.29, 1.82) is 0 Å². The molecule has 0 unspecified atom stereocenters. The monoisotopic (exact) mass is 347 g/mol. The lowest BCUT2D eigenvalue weighted by molar-refractivity contribution is -0.125. The van der Waals surface area contributed by atoms with Crippen LogP contribution in [-0.2, 0) is 4.79 Å². The van der Waals surface area contributed by atoms with E-state index in [0.717, 1.165) is 5.76 Å². The van der Waals surface area contributed by atoms with E-state index in [9.17, 15) is 9.59 Å². The molecule has 0 spiro atoms. The molecule has 0 bridgehead atoms. The zero-order valence-electron chi connectivity index (χ0n) is 15.6. The number of hydrogen-bond donors (Lipinski definition) is 2. The Morgan fingerprint density at radius 2 is 2.20 bits per heavy atom. The summed E-state index contributed by atoms with van der Waals surface area (Å²) in [5.74, 6) is 1.53. The lowest BCUT2D eigenvalue weighted by Crippen LogP contribution is -2.43. The van der Waals surface area contributed by atoms with E-state index in [1.807, 2.05) is 31.7 Å². The molecule has 1 aromatic rings. The Morgan fingerprint density at radius 3 is 2.76 bits per heavy atom. The van der Waals surface area contributed by atoms with Gasteiger partial charge >= 0.3 is 0 Å². The first-order chi connectivity index (χ1) is 11.9. The maximum absolute atomic E-state index is 12.6. The highest BCUT2D eigenvalue weighted by atomic mass is 16.3. The Balaban J connectivity index is 2.06. The number of aryl methyl sites for hydroxylation is 1. The summed E-state index contributed by atoms with van der Waals surface area (Å²) in [7, 11) is 0. The molecule has 6 heteroatoms. The van der Waals surface area contributed by atoms with Crippen LogP contribution in [0.1, 0.15) is 55.0 Å². The molecule has 2 atom stereocenters. The molecule has 6 nitrogen and oxygen atoms in total. The minimum atomic E-state index is -0.236. The number of likely N-dealkylation sites (tertiary alicyclic amines) is 1. The highest BCUT2D eigenvalue weighted by Crippen LogP contribution is 2.23. The lowest BCUT2D eigenvalue weighted by Gasteiger charge is -2.21. The molecule has 25 heavy (non-hydrogen) atoms. The fraction of sp³-hybridized carbons (Fsp3) is 0.579. The molecule has 1 saturated heterocycles. The summed E-state index contributed by atoms with van der Waals surface area (Å²) >= 11 is 0. The van der Waals surface area contributed by atoms with Crippen LogP contribution in [0.5, 0.6) is 0 Å². The van der Waals surface area contributed by atoms with Crippen molar-refractivity contribution >= 4 is 11.8 Å². The second-order valence-electron chi connectivity index (χ2n) is 6.83. The van der Waals surface area contributed by atoms with Gasteiger partial charge in [-0.15, -0.1) is 6.58 Å². The third kappa shape index (κ3) is 4.51. The SMILES string of the molecule is C=CCN1C[C@@H](NC(=O)c2cc(C(C)C)oc2C)C[C@H]1C(=O)NCC. The molecule has 1 aliphatic heterocycles. The van der Waals surface area contributed by atoms with E-state index >= 15 is 0 Å². The first-order valence-corrected chi connectivity index (χ1v) is 8.91. The highest BCUT2D eigenvalue weighted by Gasteiger charge is 2.36. The molecule has 1 aliphatic rings. The van der Waals surface area contributed by atoms with Gasteiger partial charge in [-0.25, -0.2) is 0 Å². The Hall–Kier alpha value is -2.08. The van der Waals surface area contributed by atoms with Crippen molar-refractivity contribution in [2.75, 3.05) is 19.6 Å². The van der Waals surface area contributed by atoms with Crippen LogP contribution in [0, 0.1) is 6.92 Å². The molecule has 0 radical (unpaired) electrons. The number of carbonyl (C=O) groups is 2. The summed E-state index contributed by atoms with van der Waals surface area (Å²) in [5.41, 5.74) is 0.570. The zero-order chi connectivity index (χ0) is 18.6. The van der Waals surface area contributed by atoms with Gasteiger partial charge in [0.1, 0.15) is 11.5 Å². The number of hydrogen-bond acceptors (Lipinski definition) is 4. The maximum atomic E-state index is 12.6. The van der Waals surface area contributed by atoms with E-state index in [2.05, 4.69) is 17.2 Å². The summed E-state index contributed by atoms with van der Waals surface area (Å²) in [6, 6.07) is 1.50. The molecule has 1 aromatic heterocycles. The molecule has 1 fully saturated rings. The number of furan rings is 1. The highest BCUT2D eigenvalue weighted by molar-refractivity contribution is 5.95. The summed E-state index contributed by atoms with van der Waals surface area (Å²) in [5, 5.41) is 5.91. The van der Waals surface area contributed by atoms with Gasteiger partial charge in [0.25, 0.3) is 5.91 Å². The second-order valence-corrected chi connectivity index (χ2v) is 6.83. The van der Waals surface area contributed by atoms with E-state index in [0.29, 0.717) is 37.4 Å². The van der Waals surface area contributed by atoms with Crippen molar-refractivity contribution in [3.63, 3.8) is 0 Å². The van der Waals surface area contributed by atoms with Gasteiger partial charge in [-0.1, -0.05) is 19.9 Å². The van der Waals surface area contributed by atoms with Gasteiger partial charge in [-0.3, -0.25) is 14.5 Å². The molecular weight excluding hydrogens is 318 g/mol. The third-order valence-electron chi connectivity index (χ3n) is 4.51. The summed E-state index contributed by atoms with van der Waals surface area (Å²) in [4.78, 5) is 26.9. The molecular formula is C19H29N3O3. The first-order valence-electron chi connectivity index (χ1n) is 8.91. The van der Waals surface area contributed by atoms with Gasteiger partial charge in [-0.05, 0) is 26.3 Å². The Bertz CT molecular complexity index is 636. The van der Waals surface area contributed by atoms with Crippen LogP contribution in [0.25, 0.3) is 0 Å². The molecule has 2 rings (SSSR count). The fourth-order valence-electron chi connectivity index (χ4n) is 3.22. The molecule has 138 valence electrons. The van der Waals surface area contributed by atoms with E-state index in [-0.39, 0.29) is 29.8 Å². The van der Waals surface area contributed by atoms with Gasteiger partial charge in [-0.2, -0.15) is 0 Å². The van der Waals surface area contributed by atoms with Gasteiger partial charge in [0, 0.05) is 31.6 Å². The van der Waals surface area contributed by atoms with Gasteiger partial charge < -0.3 is 15.1 Å². The molecule has 2 N–H and O–H groups in total. The van der Waals surface area contributed by atoms with Gasteiger partial charge in [0.15, 0.2) is 0 Å². The summed E-state index contributed by atoms with van der Waals surface area (Å²) < 4.78 is 5.66. The van der Waals surface area contributed by atoms with Crippen LogP contribution in [0.2, 0.25) is 0 Å². The van der Waals surface area contributed by atoms with E-state index in [4.69, 9.17) is 4.42 Å². The van der Waals surface area contributed by atoms with Crippen molar-refractivity contribution in [1.82, 2.24) is 15.5 Å². The topological polar surface area (TPSA) is 74.6 Å². The van der Waals surface area contributed by atoms with Crippen LogP contribution in [0.15, 0.2) is 23.1 Å². The van der Waals surface area contributed by atoms with Crippen molar-refractivity contribution in [3.8, 4) is 0 Å². The van der Waals surface area contributed by atoms with Crippen LogP contribution in [-0.4, -0.2) is 48.4 Å². The molecule has 0 aromatic carbocycles. The van der Waals surface area contributed by atoms with Crippen LogP contribution < -0.4 is 10.6 Å². The van der Waals surface area contributed by atoms with Crippen molar-refractivity contribution in [2.45, 2.75) is 52.1 Å². The predicted octanol–water partition coefficient (Wildman–Crippen LogP) is 2.21. The van der Waals surface area contributed by atoms with Crippen molar-refractivity contribution < 1.29 is 14.0 Å². The number of rotatable bonds is 7. The fourth-order valence-corrected chi connectivity index (χ4v) is 3.22. The molecule has 2 heterocycles. The average Bonchev–Trinajstić information content (AvgIpc) is 3.12. The zero-order valence-corrected chi connectivity index (χ0v) is 15.6. The number of carbonyl (C=O) groups excluding carboxylic acids is 2. The van der Waals surface area contributed by atoms with Crippen LogP contribution in [0.4, 0.5) is 0 Å². The standard InChI is InChI=1S/C19H29N3O3/c1-6-8-22-11-14(9-16(22)19(24)20-7-2)21-18(23)15-10-17(12(3)4)25-13(15)5/h6,10,12,14,16H,1,7-9,11H2,2-5H3,(H,20,24)(H,21,23)/t14-,16-/m0/s1. The van der Waals surface area contributed by atoms with E-state index in [1.54, 1.807) is 13.0 Å². The normalized spacial score (nSPS) is 20.7. The minimum absolute atomic E-state index is 0.00249. The Labute approximate surface area is 149 Å².